The van der Waals surface area contributed by atoms with Gasteiger partial charge in [0.15, 0.2) is 23.1 Å². The largest absolute Gasteiger partial charge is 0.484 e. The molecule has 2 heterocycles. The number of carbonyl (C=O) groups excluding carboxylic acids is 1. The van der Waals surface area contributed by atoms with Gasteiger partial charge in [0.25, 0.3) is 11.9 Å². The standard InChI is InChI=1S/C25H28F5N3O4/c1-3-24(35-2)11-33(12-24)23-32-20(19(37-23)10-25(28,29)30)22(34)31-15-8-16(26)21(17(27)9-15)36-18-7-13-4-5-14(18)6-13/h8-9,13-14,18H,3-7,10-12H2,1-2H3,(H,31,34)/t13-,14+,18?/m1/s1. The Hall–Kier alpha value is -2.89. The number of anilines is 2. The lowest BCUT2D eigenvalue weighted by Gasteiger charge is -2.47. The fourth-order valence-corrected chi connectivity index (χ4v) is 5.65. The maximum Gasteiger partial charge on any atom is 0.396 e. The number of benzene rings is 1. The summed E-state index contributed by atoms with van der Waals surface area (Å²) in [6.07, 6.45) is -1.98. The molecule has 1 unspecified atom stereocenters. The highest BCUT2D eigenvalue weighted by Crippen LogP contribution is 2.46. The van der Waals surface area contributed by atoms with Gasteiger partial charge in [-0.2, -0.15) is 18.2 Å². The number of methoxy groups -OCH3 is 1. The number of ether oxygens (including phenoxy) is 2. The third-order valence-corrected chi connectivity index (χ3v) is 7.77. The molecule has 2 saturated carbocycles. The molecular weight excluding hydrogens is 501 g/mol. The lowest BCUT2D eigenvalue weighted by atomic mass is 9.91. The highest BCUT2D eigenvalue weighted by molar-refractivity contribution is 6.03. The van der Waals surface area contributed by atoms with Gasteiger partial charge in [-0.15, -0.1) is 0 Å². The van der Waals surface area contributed by atoms with E-state index in [2.05, 4.69) is 10.3 Å². The van der Waals surface area contributed by atoms with Gasteiger partial charge in [-0.05, 0) is 43.9 Å². The molecule has 37 heavy (non-hydrogen) atoms. The van der Waals surface area contributed by atoms with E-state index in [0.29, 0.717) is 25.4 Å². The lowest BCUT2D eigenvalue weighted by molar-refractivity contribution is -0.130. The first-order valence-corrected chi connectivity index (χ1v) is 12.3. The summed E-state index contributed by atoms with van der Waals surface area (Å²) in [7, 11) is 1.54. The van der Waals surface area contributed by atoms with Gasteiger partial charge in [-0.3, -0.25) is 4.79 Å². The van der Waals surface area contributed by atoms with Crippen LogP contribution in [0.4, 0.5) is 33.7 Å². The molecule has 3 atom stereocenters. The molecule has 1 aliphatic heterocycles. The topological polar surface area (TPSA) is 76.8 Å². The summed E-state index contributed by atoms with van der Waals surface area (Å²) in [6, 6.07) is 1.59. The van der Waals surface area contributed by atoms with Gasteiger partial charge in [0.1, 0.15) is 23.9 Å². The second-order valence-corrected chi connectivity index (χ2v) is 10.2. The molecule has 1 aromatic heterocycles. The number of oxazole rings is 1. The number of aromatic nitrogens is 1. The molecule has 1 aromatic carbocycles. The number of hydrogen-bond donors (Lipinski definition) is 1. The van der Waals surface area contributed by atoms with Crippen molar-refractivity contribution in [2.45, 2.75) is 63.3 Å². The maximum atomic E-state index is 14.7. The van der Waals surface area contributed by atoms with Gasteiger partial charge in [0.05, 0.1) is 13.1 Å². The molecule has 5 rings (SSSR count). The SMILES string of the molecule is CCC1(OC)CN(c2nc(C(=O)Nc3cc(F)c(OC4C[C@@H]5CC[C@H]4C5)c(F)c3)c(CC(F)(F)F)o2)C1. The van der Waals surface area contributed by atoms with E-state index in [9.17, 15) is 26.7 Å². The van der Waals surface area contributed by atoms with Crippen LogP contribution in [0.3, 0.4) is 0 Å². The summed E-state index contributed by atoms with van der Waals surface area (Å²) in [5.74, 6) is -3.52. The smallest absolute Gasteiger partial charge is 0.396 e. The van der Waals surface area contributed by atoms with E-state index in [-0.39, 0.29) is 23.7 Å². The number of hydrogen-bond acceptors (Lipinski definition) is 6. The van der Waals surface area contributed by atoms with E-state index in [1.54, 1.807) is 4.90 Å². The zero-order valence-corrected chi connectivity index (χ0v) is 20.5. The van der Waals surface area contributed by atoms with E-state index in [4.69, 9.17) is 13.9 Å². The lowest BCUT2D eigenvalue weighted by Crippen LogP contribution is -2.62. The first-order valence-electron chi connectivity index (χ1n) is 12.3. The van der Waals surface area contributed by atoms with Gasteiger partial charge >= 0.3 is 6.18 Å². The summed E-state index contributed by atoms with van der Waals surface area (Å²) in [6.45, 7) is 2.57. The van der Waals surface area contributed by atoms with Crippen LogP contribution in [-0.4, -0.2) is 49.0 Å². The van der Waals surface area contributed by atoms with Gasteiger partial charge < -0.3 is 24.1 Å². The van der Waals surface area contributed by atoms with Crippen LogP contribution in [0, 0.1) is 23.5 Å². The third-order valence-electron chi connectivity index (χ3n) is 7.77. The van der Waals surface area contributed by atoms with Crippen LogP contribution in [0.15, 0.2) is 16.5 Å². The number of nitrogens with zero attached hydrogens (tertiary/aromatic N) is 2. The van der Waals surface area contributed by atoms with Crippen molar-refractivity contribution >= 4 is 17.6 Å². The number of rotatable bonds is 8. The molecular formula is C25H28F5N3O4. The second kappa shape index (κ2) is 9.45. The molecule has 2 bridgehead atoms. The third kappa shape index (κ3) is 5.12. The van der Waals surface area contributed by atoms with Crippen LogP contribution >= 0.6 is 0 Å². The Morgan fingerprint density at radius 2 is 1.92 bits per heavy atom. The summed E-state index contributed by atoms with van der Waals surface area (Å²) in [5.41, 5.74) is -1.36. The number of amides is 1. The summed E-state index contributed by atoms with van der Waals surface area (Å²) < 4.78 is 85.4. The van der Waals surface area contributed by atoms with E-state index in [1.165, 1.54) is 7.11 Å². The van der Waals surface area contributed by atoms with E-state index >= 15 is 0 Å². The maximum absolute atomic E-state index is 14.7. The molecule has 1 amide bonds. The minimum Gasteiger partial charge on any atom is -0.484 e. The normalized spacial score (nSPS) is 24.3. The van der Waals surface area contributed by atoms with Crippen molar-refractivity contribution in [1.82, 2.24) is 4.98 Å². The summed E-state index contributed by atoms with van der Waals surface area (Å²) in [4.78, 5) is 18.4. The van der Waals surface area contributed by atoms with Crippen molar-refractivity contribution in [2.75, 3.05) is 30.4 Å². The first kappa shape index (κ1) is 25.7. The predicted molar refractivity (Wildman–Crippen MR) is 123 cm³/mol. The Balaban J connectivity index is 1.33. The van der Waals surface area contributed by atoms with Crippen LogP contribution < -0.4 is 15.0 Å². The van der Waals surface area contributed by atoms with Gasteiger partial charge in [-0.1, -0.05) is 6.92 Å². The van der Waals surface area contributed by atoms with Gasteiger partial charge in [0, 0.05) is 24.9 Å². The highest BCUT2D eigenvalue weighted by atomic mass is 19.4. The van der Waals surface area contributed by atoms with E-state index in [1.807, 2.05) is 6.92 Å². The monoisotopic (exact) mass is 529 g/mol. The Kier molecular flexibility index (Phi) is 6.57. The number of carbonyl (C=O) groups is 1. The average molecular weight is 530 g/mol. The molecule has 0 radical (unpaired) electrons. The van der Waals surface area contributed by atoms with Crippen molar-refractivity contribution in [2.24, 2.45) is 11.8 Å². The molecule has 7 nitrogen and oxygen atoms in total. The molecule has 3 aliphatic rings. The van der Waals surface area contributed by atoms with Crippen LogP contribution in [0.2, 0.25) is 0 Å². The van der Waals surface area contributed by atoms with E-state index < -0.39 is 52.9 Å². The molecule has 202 valence electrons. The highest BCUT2D eigenvalue weighted by Gasteiger charge is 2.45. The minimum absolute atomic E-state index is 0.155. The zero-order valence-electron chi connectivity index (χ0n) is 20.5. The molecule has 2 aromatic rings. The number of alkyl halides is 3. The number of halogens is 5. The molecule has 3 fully saturated rings. The number of nitrogens with one attached hydrogen (secondary N) is 1. The molecule has 2 aliphatic carbocycles. The van der Waals surface area contributed by atoms with Crippen LogP contribution in [-0.2, 0) is 11.2 Å². The Labute approximate surface area is 210 Å². The Morgan fingerprint density at radius 1 is 1.22 bits per heavy atom. The van der Waals surface area contributed by atoms with Crippen LogP contribution in [0.5, 0.6) is 5.75 Å². The van der Waals surface area contributed by atoms with Gasteiger partial charge in [-0.25, -0.2) is 8.78 Å². The molecule has 1 N–H and O–H groups in total. The van der Waals surface area contributed by atoms with E-state index in [0.717, 1.165) is 37.8 Å². The van der Waals surface area contributed by atoms with Crippen LogP contribution in [0.25, 0.3) is 0 Å². The Morgan fingerprint density at radius 3 is 2.46 bits per heavy atom. The van der Waals surface area contributed by atoms with Crippen molar-refractivity contribution in [3.8, 4) is 5.75 Å². The molecule has 12 heteroatoms. The molecule has 0 spiro atoms. The van der Waals surface area contributed by atoms with Crippen molar-refractivity contribution in [1.29, 1.82) is 0 Å². The summed E-state index contributed by atoms with van der Waals surface area (Å²) in [5, 5.41) is 2.23. The Bertz CT molecular complexity index is 1150. The minimum atomic E-state index is -4.67. The fraction of sp³-hybridized carbons (Fsp3) is 0.600. The van der Waals surface area contributed by atoms with Crippen molar-refractivity contribution in [3.63, 3.8) is 0 Å². The second-order valence-electron chi connectivity index (χ2n) is 10.2. The number of fused-ring (bicyclic) bond motifs is 2. The van der Waals surface area contributed by atoms with Gasteiger partial charge in [0.2, 0.25) is 0 Å². The van der Waals surface area contributed by atoms with Crippen molar-refractivity contribution in [3.05, 3.63) is 35.2 Å². The zero-order chi connectivity index (χ0) is 26.5. The first-order chi connectivity index (χ1) is 17.5. The predicted octanol–water partition coefficient (Wildman–Crippen LogP) is 5.49. The molecule has 1 saturated heterocycles. The van der Waals surface area contributed by atoms with Crippen LogP contribution in [0.1, 0.15) is 55.3 Å². The fourth-order valence-electron chi connectivity index (χ4n) is 5.65. The average Bonchev–Trinajstić information content (AvgIpc) is 3.51. The summed E-state index contributed by atoms with van der Waals surface area (Å²) >= 11 is 0. The van der Waals surface area contributed by atoms with Crippen molar-refractivity contribution < 1.29 is 40.6 Å². The quantitative estimate of drug-likeness (QED) is 0.456.